The Bertz CT molecular complexity index is 622. The van der Waals surface area contributed by atoms with Crippen LogP contribution in [0.5, 0.6) is 0 Å². The first-order chi connectivity index (χ1) is 8.87. The van der Waals surface area contributed by atoms with E-state index in [-0.39, 0.29) is 17.4 Å². The van der Waals surface area contributed by atoms with Crippen molar-refractivity contribution in [2.75, 3.05) is 11.5 Å². The summed E-state index contributed by atoms with van der Waals surface area (Å²) in [4.78, 5) is 12.6. The van der Waals surface area contributed by atoms with Gasteiger partial charge in [0.15, 0.2) is 9.84 Å². The number of hydrogen-bond donors (Lipinski definition) is 1. The fourth-order valence-corrected chi connectivity index (χ4v) is 4.53. The highest BCUT2D eigenvalue weighted by atomic mass is 35.5. The third-order valence-corrected chi connectivity index (χ3v) is 5.97. The molecule has 5 nitrogen and oxygen atoms in total. The third-order valence-electron chi connectivity index (χ3n) is 2.87. The Hall–Kier alpha value is -0.920. The first-order valence-corrected chi connectivity index (χ1v) is 8.69. The number of rotatable bonds is 3. The molecule has 2 rings (SSSR count). The molecule has 1 atom stereocenters. The van der Waals surface area contributed by atoms with Crippen LogP contribution in [0.3, 0.4) is 0 Å². The summed E-state index contributed by atoms with van der Waals surface area (Å²) in [6, 6.07) is 3.57. The zero-order valence-electron chi connectivity index (χ0n) is 10.2. The number of amides is 1. The van der Waals surface area contributed by atoms with Gasteiger partial charge in [-0.15, -0.1) is 11.3 Å². The summed E-state index contributed by atoms with van der Waals surface area (Å²) in [6.07, 6.45) is 0.369. The number of sulfone groups is 1. The van der Waals surface area contributed by atoms with E-state index < -0.39 is 15.8 Å². The molecule has 0 spiro atoms. The topological polar surface area (TPSA) is 75.6 Å². The van der Waals surface area contributed by atoms with Crippen LogP contribution in [-0.2, 0) is 14.6 Å². The van der Waals surface area contributed by atoms with E-state index in [9.17, 15) is 13.2 Å². The molecule has 1 amide bonds. The van der Waals surface area contributed by atoms with Gasteiger partial charge in [-0.05, 0) is 25.5 Å². The molecule has 8 heteroatoms. The van der Waals surface area contributed by atoms with Crippen molar-refractivity contribution >= 4 is 44.4 Å². The summed E-state index contributed by atoms with van der Waals surface area (Å²) < 4.78 is 23.2. The van der Waals surface area contributed by atoms with Crippen LogP contribution >= 0.6 is 22.9 Å². The van der Waals surface area contributed by atoms with Gasteiger partial charge in [0.2, 0.25) is 5.91 Å². The van der Waals surface area contributed by atoms with Crippen LogP contribution in [0, 0.1) is 5.92 Å². The molecule has 1 aromatic rings. The van der Waals surface area contributed by atoms with Gasteiger partial charge in [-0.3, -0.25) is 4.79 Å². The van der Waals surface area contributed by atoms with Crippen LogP contribution in [0.1, 0.15) is 18.2 Å². The monoisotopic (exact) mass is 320 g/mol. The van der Waals surface area contributed by atoms with E-state index >= 15 is 0 Å². The van der Waals surface area contributed by atoms with E-state index in [2.05, 4.69) is 10.5 Å². The third kappa shape index (κ3) is 3.77. The smallest absolute Gasteiger partial charge is 0.244 e. The fraction of sp³-hybridized carbons (Fsp3) is 0.455. The number of halogens is 1. The lowest BCUT2D eigenvalue weighted by molar-refractivity contribution is -0.124. The van der Waals surface area contributed by atoms with Gasteiger partial charge in [0.05, 0.1) is 32.3 Å². The number of nitrogens with one attached hydrogen (secondary N) is 1. The molecule has 19 heavy (non-hydrogen) atoms. The minimum atomic E-state index is -3.05. The minimum Gasteiger partial charge on any atom is -0.273 e. The quantitative estimate of drug-likeness (QED) is 0.680. The van der Waals surface area contributed by atoms with Gasteiger partial charge in [0.25, 0.3) is 0 Å². The highest BCUT2D eigenvalue weighted by Gasteiger charge is 2.32. The predicted octanol–water partition coefficient (Wildman–Crippen LogP) is 1.68. The van der Waals surface area contributed by atoms with Crippen LogP contribution in [0.2, 0.25) is 4.34 Å². The Kier molecular flexibility index (Phi) is 4.27. The van der Waals surface area contributed by atoms with Gasteiger partial charge in [0, 0.05) is 0 Å². The first-order valence-electron chi connectivity index (χ1n) is 5.68. The van der Waals surface area contributed by atoms with Gasteiger partial charge in [-0.1, -0.05) is 11.6 Å². The molecule has 1 N–H and O–H groups in total. The van der Waals surface area contributed by atoms with Crippen molar-refractivity contribution in [1.29, 1.82) is 0 Å². The van der Waals surface area contributed by atoms with Crippen LogP contribution in [0.4, 0.5) is 0 Å². The maximum atomic E-state index is 11.8. The summed E-state index contributed by atoms with van der Waals surface area (Å²) in [5.41, 5.74) is 3.06. The molecule has 1 fully saturated rings. The van der Waals surface area contributed by atoms with Crippen LogP contribution in [-0.4, -0.2) is 31.5 Å². The lowest BCUT2D eigenvalue weighted by atomic mass is 10.1. The maximum Gasteiger partial charge on any atom is 0.244 e. The minimum absolute atomic E-state index is 0.0777. The molecule has 0 aliphatic carbocycles. The molecule has 0 unspecified atom stereocenters. The number of hydrazone groups is 1. The predicted molar refractivity (Wildman–Crippen MR) is 76.4 cm³/mol. The van der Waals surface area contributed by atoms with Crippen molar-refractivity contribution in [3.8, 4) is 0 Å². The summed E-state index contributed by atoms with van der Waals surface area (Å²) in [7, 11) is -3.05. The molecule has 0 saturated carbocycles. The highest BCUT2D eigenvalue weighted by Crippen LogP contribution is 2.22. The van der Waals surface area contributed by atoms with E-state index in [1.165, 1.54) is 11.3 Å². The SMILES string of the molecule is C/C(=N/NC(=O)[C@H]1CCS(=O)(=O)C1)c1ccc(Cl)s1. The molecule has 0 bridgehead atoms. The van der Waals surface area contributed by atoms with Crippen LogP contribution in [0.15, 0.2) is 17.2 Å². The van der Waals surface area contributed by atoms with Gasteiger partial charge in [-0.2, -0.15) is 5.10 Å². The average molecular weight is 321 g/mol. The number of carbonyl (C=O) groups is 1. The number of thiophene rings is 1. The number of hydrogen-bond acceptors (Lipinski definition) is 5. The lowest BCUT2D eigenvalue weighted by Gasteiger charge is -2.05. The van der Waals surface area contributed by atoms with Crippen molar-refractivity contribution in [1.82, 2.24) is 5.43 Å². The molecule has 1 aromatic heterocycles. The lowest BCUT2D eigenvalue weighted by Crippen LogP contribution is -2.28. The summed E-state index contributed by atoms with van der Waals surface area (Å²) >= 11 is 7.18. The first kappa shape index (κ1) is 14.5. The van der Waals surface area contributed by atoms with Crippen molar-refractivity contribution < 1.29 is 13.2 Å². The van der Waals surface area contributed by atoms with Gasteiger partial charge >= 0.3 is 0 Å². The van der Waals surface area contributed by atoms with Crippen molar-refractivity contribution in [3.05, 3.63) is 21.3 Å². The highest BCUT2D eigenvalue weighted by molar-refractivity contribution is 7.91. The fourth-order valence-electron chi connectivity index (χ4n) is 1.80. The Balaban J connectivity index is 1.97. The van der Waals surface area contributed by atoms with E-state index in [0.29, 0.717) is 16.5 Å². The Labute approximate surface area is 120 Å². The summed E-state index contributed by atoms with van der Waals surface area (Å²) in [5.74, 6) is -0.844. The summed E-state index contributed by atoms with van der Waals surface area (Å²) in [6.45, 7) is 1.76. The van der Waals surface area contributed by atoms with E-state index in [4.69, 9.17) is 11.6 Å². The van der Waals surface area contributed by atoms with E-state index in [1.54, 1.807) is 13.0 Å². The van der Waals surface area contributed by atoms with E-state index in [0.717, 1.165) is 4.88 Å². The number of carbonyl (C=O) groups excluding carboxylic acids is 1. The molecule has 0 aromatic carbocycles. The van der Waals surface area contributed by atoms with Crippen LogP contribution < -0.4 is 5.43 Å². The Morgan fingerprint density at radius 2 is 2.26 bits per heavy atom. The second-order valence-corrected chi connectivity index (χ2v) is 8.32. The Morgan fingerprint density at radius 1 is 1.53 bits per heavy atom. The van der Waals surface area contributed by atoms with Crippen molar-refractivity contribution in [3.63, 3.8) is 0 Å². The standard InChI is InChI=1S/C11H13ClN2O3S2/c1-7(9-2-3-10(12)18-9)13-14-11(15)8-4-5-19(16,17)6-8/h2-3,8H,4-6H2,1H3,(H,14,15)/b13-7-/t8-/m0/s1. The van der Waals surface area contributed by atoms with Gasteiger partial charge < -0.3 is 0 Å². The zero-order valence-corrected chi connectivity index (χ0v) is 12.6. The molecule has 1 aliphatic heterocycles. The largest absolute Gasteiger partial charge is 0.273 e. The van der Waals surface area contributed by atoms with Crippen molar-refractivity contribution in [2.24, 2.45) is 11.0 Å². The van der Waals surface area contributed by atoms with Crippen LogP contribution in [0.25, 0.3) is 0 Å². The van der Waals surface area contributed by atoms with E-state index in [1.807, 2.05) is 6.07 Å². The second kappa shape index (κ2) is 5.60. The molecule has 104 valence electrons. The molecular weight excluding hydrogens is 308 g/mol. The Morgan fingerprint density at radius 3 is 2.79 bits per heavy atom. The second-order valence-electron chi connectivity index (χ2n) is 4.38. The number of nitrogens with zero attached hydrogens (tertiary/aromatic N) is 1. The summed E-state index contributed by atoms with van der Waals surface area (Å²) in [5, 5.41) is 3.97. The molecule has 1 aliphatic rings. The molecule has 1 saturated heterocycles. The molecule has 0 radical (unpaired) electrons. The zero-order chi connectivity index (χ0) is 14.0. The van der Waals surface area contributed by atoms with Crippen molar-refractivity contribution in [2.45, 2.75) is 13.3 Å². The van der Waals surface area contributed by atoms with Gasteiger partial charge in [0.1, 0.15) is 0 Å². The average Bonchev–Trinajstić information content (AvgIpc) is 2.91. The maximum absolute atomic E-state index is 11.8. The normalized spacial score (nSPS) is 22.4. The molecule has 2 heterocycles. The van der Waals surface area contributed by atoms with Gasteiger partial charge in [-0.25, -0.2) is 13.8 Å². The molecular formula is C11H13ClN2O3S2.